The van der Waals surface area contributed by atoms with Crippen LogP contribution in [0.1, 0.15) is 0 Å². The molecular formula is C6H6BrIN. The maximum absolute atomic E-state index is 4.05. The SMILES string of the molecule is BrCC1=CC=CC=[N+]1.[I-]. The van der Waals surface area contributed by atoms with Gasteiger partial charge in [0.1, 0.15) is 0 Å². The molecule has 49 valence electrons. The minimum Gasteiger partial charge on any atom is -1.00 e. The van der Waals surface area contributed by atoms with Crippen molar-refractivity contribution in [3.05, 3.63) is 23.9 Å². The average Bonchev–Trinajstić information content (AvgIpc) is 1.90. The van der Waals surface area contributed by atoms with E-state index in [1.807, 2.05) is 18.2 Å². The zero-order valence-electron chi connectivity index (χ0n) is 4.72. The van der Waals surface area contributed by atoms with E-state index < -0.39 is 0 Å². The molecule has 0 aliphatic carbocycles. The molecule has 0 atom stereocenters. The topological polar surface area (TPSA) is 14.1 Å². The van der Waals surface area contributed by atoms with Crippen LogP contribution in [0.25, 0.3) is 0 Å². The molecule has 1 rings (SSSR count). The Bertz CT molecular complexity index is 160. The third-order valence-electron chi connectivity index (χ3n) is 0.863. The molecule has 0 aromatic carbocycles. The number of nitrogens with zero attached hydrogens (tertiary/aromatic N) is 1. The van der Waals surface area contributed by atoms with Crippen LogP contribution in [0, 0.1) is 0 Å². The van der Waals surface area contributed by atoms with E-state index >= 15 is 0 Å². The zero-order valence-corrected chi connectivity index (χ0v) is 8.46. The number of alkyl halides is 1. The molecule has 3 heteroatoms. The standard InChI is InChI=1S/C6H6BrN.HI/c7-5-6-3-1-2-4-8-6;/h1-4H,5H2;1H/q+1;/p-1. The van der Waals surface area contributed by atoms with E-state index in [0.29, 0.717) is 0 Å². The van der Waals surface area contributed by atoms with Crippen molar-refractivity contribution in [3.8, 4) is 0 Å². The lowest BCUT2D eigenvalue weighted by atomic mass is 10.3. The second-order valence-corrected chi connectivity index (χ2v) is 2.02. The van der Waals surface area contributed by atoms with E-state index in [4.69, 9.17) is 0 Å². The Morgan fingerprint density at radius 1 is 1.44 bits per heavy atom. The fourth-order valence-electron chi connectivity index (χ4n) is 0.477. The van der Waals surface area contributed by atoms with Gasteiger partial charge in [0.05, 0.1) is 10.3 Å². The average molecular weight is 299 g/mol. The summed E-state index contributed by atoms with van der Waals surface area (Å²) in [6, 6.07) is 0. The molecule has 1 nitrogen and oxygen atoms in total. The predicted octanol–water partition coefficient (Wildman–Crippen LogP) is -1.75. The predicted molar refractivity (Wildman–Crippen MR) is 39.2 cm³/mol. The summed E-state index contributed by atoms with van der Waals surface area (Å²) in [6.07, 6.45) is 7.65. The second-order valence-electron chi connectivity index (χ2n) is 1.45. The highest BCUT2D eigenvalue weighted by molar-refractivity contribution is 9.09. The van der Waals surface area contributed by atoms with Crippen LogP contribution in [0.3, 0.4) is 0 Å². The van der Waals surface area contributed by atoms with E-state index in [1.54, 1.807) is 6.21 Å². The first kappa shape index (κ1) is 9.36. The van der Waals surface area contributed by atoms with Gasteiger partial charge in [-0.15, -0.1) is 0 Å². The fourth-order valence-corrected chi connectivity index (χ4v) is 0.809. The van der Waals surface area contributed by atoms with Crippen LogP contribution >= 0.6 is 15.9 Å². The van der Waals surface area contributed by atoms with Crippen molar-refractivity contribution in [1.29, 1.82) is 0 Å². The lowest BCUT2D eigenvalue weighted by Gasteiger charge is -1.79. The molecule has 0 fully saturated rings. The van der Waals surface area contributed by atoms with Crippen molar-refractivity contribution < 1.29 is 24.0 Å². The number of hydrogen-bond donors (Lipinski definition) is 0. The van der Waals surface area contributed by atoms with Gasteiger partial charge in [0.25, 0.3) is 5.70 Å². The molecule has 0 spiro atoms. The molecule has 1 radical (unpaired) electrons. The van der Waals surface area contributed by atoms with Crippen molar-refractivity contribution in [2.24, 2.45) is 0 Å². The first-order chi connectivity index (χ1) is 3.93. The minimum atomic E-state index is 0. The van der Waals surface area contributed by atoms with Crippen LogP contribution < -0.4 is 29.0 Å². The van der Waals surface area contributed by atoms with Crippen LogP contribution in [0.5, 0.6) is 0 Å². The summed E-state index contributed by atoms with van der Waals surface area (Å²) in [6.45, 7) is 0. The normalized spacial score (nSPS) is 14.6. The largest absolute Gasteiger partial charge is 1.00 e. The number of rotatable bonds is 1. The van der Waals surface area contributed by atoms with Gasteiger partial charge >= 0.3 is 0 Å². The summed E-state index contributed by atoms with van der Waals surface area (Å²) < 4.78 is 0. The molecule has 9 heavy (non-hydrogen) atoms. The van der Waals surface area contributed by atoms with E-state index in [9.17, 15) is 0 Å². The van der Waals surface area contributed by atoms with Gasteiger partial charge in [0.15, 0.2) is 0 Å². The maximum Gasteiger partial charge on any atom is 0.264 e. The minimum absolute atomic E-state index is 0. The highest BCUT2D eigenvalue weighted by Crippen LogP contribution is 1.96. The van der Waals surface area contributed by atoms with Crippen molar-refractivity contribution in [1.82, 2.24) is 4.99 Å². The third kappa shape index (κ3) is 3.15. The highest BCUT2D eigenvalue weighted by atomic mass is 127. The number of allylic oxidation sites excluding steroid dienone is 4. The van der Waals surface area contributed by atoms with Gasteiger partial charge in [-0.3, -0.25) is 0 Å². The molecule has 1 aliphatic rings. The Balaban J connectivity index is 0.000000640. The Labute approximate surface area is 80.1 Å². The van der Waals surface area contributed by atoms with Gasteiger partial charge in [0, 0.05) is 12.2 Å². The molecule has 0 aromatic rings. The highest BCUT2D eigenvalue weighted by Gasteiger charge is 2.03. The Morgan fingerprint density at radius 3 is 2.56 bits per heavy atom. The first-order valence-corrected chi connectivity index (χ1v) is 3.51. The summed E-state index contributed by atoms with van der Waals surface area (Å²) in [5.41, 5.74) is 1.08. The van der Waals surface area contributed by atoms with Crippen molar-refractivity contribution in [3.63, 3.8) is 0 Å². The Kier molecular flexibility index (Phi) is 5.38. The summed E-state index contributed by atoms with van der Waals surface area (Å²) in [5, 5.41) is 0.841. The maximum atomic E-state index is 4.05. The number of halogens is 2. The quantitative estimate of drug-likeness (QED) is 0.403. The number of aliphatic imine (C=N–C) groups is 1. The van der Waals surface area contributed by atoms with Crippen LogP contribution in [0.15, 0.2) is 23.9 Å². The third-order valence-corrected chi connectivity index (χ3v) is 1.44. The van der Waals surface area contributed by atoms with E-state index in [2.05, 4.69) is 20.9 Å². The summed E-state index contributed by atoms with van der Waals surface area (Å²) >= 11 is 3.29. The van der Waals surface area contributed by atoms with E-state index in [-0.39, 0.29) is 24.0 Å². The monoisotopic (exact) mass is 298 g/mol. The van der Waals surface area contributed by atoms with Gasteiger partial charge in [0.2, 0.25) is 6.21 Å². The molecule has 0 amide bonds. The lowest BCUT2D eigenvalue weighted by molar-refractivity contribution is -0.00000157. The molecular weight excluding hydrogens is 293 g/mol. The van der Waals surface area contributed by atoms with Crippen molar-refractivity contribution in [2.45, 2.75) is 0 Å². The summed E-state index contributed by atoms with van der Waals surface area (Å²) in [5.74, 6) is 0. The molecule has 1 aliphatic heterocycles. The molecule has 0 saturated heterocycles. The summed E-state index contributed by atoms with van der Waals surface area (Å²) in [7, 11) is 0. The number of hydrogen-bond acceptors (Lipinski definition) is 1. The van der Waals surface area contributed by atoms with Crippen LogP contribution in [0.2, 0.25) is 0 Å². The van der Waals surface area contributed by atoms with Gasteiger partial charge in [-0.1, -0.05) is 15.9 Å². The van der Waals surface area contributed by atoms with E-state index in [1.165, 1.54) is 0 Å². The molecule has 0 bridgehead atoms. The van der Waals surface area contributed by atoms with Gasteiger partial charge in [-0.05, 0) is 6.08 Å². The molecule has 0 aromatic heterocycles. The van der Waals surface area contributed by atoms with Crippen LogP contribution in [0.4, 0.5) is 0 Å². The Morgan fingerprint density at radius 2 is 2.22 bits per heavy atom. The first-order valence-electron chi connectivity index (χ1n) is 2.39. The molecule has 1 heterocycles. The zero-order chi connectivity index (χ0) is 5.82. The lowest BCUT2D eigenvalue weighted by Crippen LogP contribution is -3.00. The second kappa shape index (κ2) is 5.17. The van der Waals surface area contributed by atoms with E-state index in [0.717, 1.165) is 11.0 Å². The smallest absolute Gasteiger partial charge is 0.264 e. The van der Waals surface area contributed by atoms with Crippen LogP contribution in [-0.4, -0.2) is 11.5 Å². The van der Waals surface area contributed by atoms with Crippen molar-refractivity contribution >= 4 is 22.1 Å². The molecule has 0 saturated carbocycles. The summed E-state index contributed by atoms with van der Waals surface area (Å²) in [4.78, 5) is 4.05. The van der Waals surface area contributed by atoms with Gasteiger partial charge in [-0.25, -0.2) is 0 Å². The molecule has 0 N–H and O–H groups in total. The Hall–Kier alpha value is 0.360. The van der Waals surface area contributed by atoms with Gasteiger partial charge < -0.3 is 24.0 Å². The van der Waals surface area contributed by atoms with Crippen LogP contribution in [-0.2, 0) is 0 Å². The fraction of sp³-hybridized carbons (Fsp3) is 0.167. The molecule has 0 unspecified atom stereocenters. The van der Waals surface area contributed by atoms with Gasteiger partial charge in [-0.2, -0.15) is 0 Å². The van der Waals surface area contributed by atoms with Crippen molar-refractivity contribution in [2.75, 3.05) is 5.33 Å².